The molecule has 4 rings (SSSR count). The van der Waals surface area contributed by atoms with Crippen molar-refractivity contribution in [2.45, 2.75) is 38.8 Å². The molecule has 0 saturated carbocycles. The van der Waals surface area contributed by atoms with Crippen LogP contribution in [-0.4, -0.2) is 20.7 Å². The highest BCUT2D eigenvalue weighted by Crippen LogP contribution is 2.30. The second-order valence-corrected chi connectivity index (χ2v) is 7.01. The third-order valence-corrected chi connectivity index (χ3v) is 5.04. The molecule has 1 aliphatic rings. The Kier molecular flexibility index (Phi) is 4.46. The Morgan fingerprint density at radius 2 is 2.35 bits per heavy atom. The van der Waals surface area contributed by atoms with Crippen molar-refractivity contribution in [2.75, 3.05) is 0 Å². The Bertz CT molecular complexity index is 1000. The van der Waals surface area contributed by atoms with Gasteiger partial charge in [-0.25, -0.2) is 0 Å². The van der Waals surface area contributed by atoms with Crippen LogP contribution in [0.1, 0.15) is 35.8 Å². The number of carbonyl (C=O) groups excluding carboxylic acids is 1. The minimum absolute atomic E-state index is 0.00603. The summed E-state index contributed by atoms with van der Waals surface area (Å²) in [5.41, 5.74) is 3.14. The molecule has 0 spiro atoms. The predicted octanol–water partition coefficient (Wildman–Crippen LogP) is 3.70. The zero-order valence-corrected chi connectivity index (χ0v) is 15.3. The zero-order valence-electron chi connectivity index (χ0n) is 14.5. The van der Waals surface area contributed by atoms with Gasteiger partial charge in [-0.1, -0.05) is 23.8 Å². The van der Waals surface area contributed by atoms with Crippen molar-refractivity contribution in [1.29, 1.82) is 0 Å². The second-order valence-electron chi connectivity index (χ2n) is 6.62. The number of nitrogens with one attached hydrogen (secondary N) is 2. The second kappa shape index (κ2) is 6.92. The summed E-state index contributed by atoms with van der Waals surface area (Å²) in [6, 6.07) is 9.92. The molecule has 1 atom stereocenters. The molecule has 1 aromatic carbocycles. The van der Waals surface area contributed by atoms with E-state index in [0.717, 1.165) is 41.7 Å². The summed E-state index contributed by atoms with van der Waals surface area (Å²) in [5, 5.41) is 10.2. The van der Waals surface area contributed by atoms with Crippen molar-refractivity contribution in [3.8, 4) is 11.4 Å². The molecule has 2 heterocycles. The van der Waals surface area contributed by atoms with Crippen molar-refractivity contribution < 1.29 is 9.21 Å². The van der Waals surface area contributed by atoms with Gasteiger partial charge in [0.1, 0.15) is 12.3 Å². The number of furan rings is 1. The Balaban J connectivity index is 1.54. The summed E-state index contributed by atoms with van der Waals surface area (Å²) in [6.45, 7) is 2.15. The summed E-state index contributed by atoms with van der Waals surface area (Å²) < 4.78 is 7.66. The fourth-order valence-electron chi connectivity index (χ4n) is 3.49. The minimum atomic E-state index is -0.0875. The van der Waals surface area contributed by atoms with E-state index >= 15 is 0 Å². The monoisotopic (exact) mass is 368 g/mol. The topological polar surface area (TPSA) is 75.8 Å². The first kappa shape index (κ1) is 16.8. The minimum Gasteiger partial charge on any atom is -0.469 e. The van der Waals surface area contributed by atoms with Crippen molar-refractivity contribution >= 4 is 18.1 Å². The molecule has 0 bridgehead atoms. The number of aromatic nitrogens is 3. The first-order valence-electron chi connectivity index (χ1n) is 8.69. The molecule has 0 radical (unpaired) electrons. The lowest BCUT2D eigenvalue weighted by Gasteiger charge is -2.23. The van der Waals surface area contributed by atoms with Crippen molar-refractivity contribution in [1.82, 2.24) is 20.1 Å². The lowest BCUT2D eigenvalue weighted by Crippen LogP contribution is -2.33. The van der Waals surface area contributed by atoms with Crippen LogP contribution in [0.3, 0.4) is 0 Å². The first-order valence-corrected chi connectivity index (χ1v) is 9.10. The fraction of sp³-hybridized carbons (Fsp3) is 0.316. The number of amides is 1. The van der Waals surface area contributed by atoms with E-state index in [4.69, 9.17) is 16.6 Å². The lowest BCUT2D eigenvalue weighted by molar-refractivity contribution is -0.122. The SMILES string of the molecule is Cc1cccc(-c2n[nH]c(=S)n2CC(=O)NC2CCCc3occc32)c1. The van der Waals surface area contributed by atoms with Gasteiger partial charge in [0.2, 0.25) is 5.91 Å². The van der Waals surface area contributed by atoms with Gasteiger partial charge in [0.25, 0.3) is 0 Å². The van der Waals surface area contributed by atoms with Gasteiger partial charge in [0.15, 0.2) is 10.6 Å². The first-order chi connectivity index (χ1) is 12.6. The molecular weight excluding hydrogens is 348 g/mol. The van der Waals surface area contributed by atoms with Crippen LogP contribution in [0, 0.1) is 11.7 Å². The standard InChI is InChI=1S/C19H20N4O2S/c1-12-4-2-5-13(10-12)18-21-22-19(26)23(18)11-17(24)20-15-6-3-7-16-14(15)8-9-25-16/h2,4-5,8-10,15H,3,6-7,11H2,1H3,(H,20,24)(H,22,26). The number of carbonyl (C=O) groups is 1. The highest BCUT2D eigenvalue weighted by molar-refractivity contribution is 7.71. The highest BCUT2D eigenvalue weighted by Gasteiger charge is 2.24. The Morgan fingerprint density at radius 1 is 1.46 bits per heavy atom. The summed E-state index contributed by atoms with van der Waals surface area (Å²) in [4.78, 5) is 12.7. The van der Waals surface area contributed by atoms with Crippen LogP contribution in [0.2, 0.25) is 0 Å². The molecule has 7 heteroatoms. The van der Waals surface area contributed by atoms with Gasteiger partial charge < -0.3 is 9.73 Å². The molecule has 0 fully saturated rings. The number of hydrogen-bond acceptors (Lipinski definition) is 4. The van der Waals surface area contributed by atoms with Crippen molar-refractivity contribution in [3.63, 3.8) is 0 Å². The lowest BCUT2D eigenvalue weighted by atomic mass is 9.93. The highest BCUT2D eigenvalue weighted by atomic mass is 32.1. The number of fused-ring (bicyclic) bond motifs is 1. The third-order valence-electron chi connectivity index (χ3n) is 4.72. The average molecular weight is 368 g/mol. The number of hydrogen-bond donors (Lipinski definition) is 2. The van der Waals surface area contributed by atoms with E-state index in [1.165, 1.54) is 0 Å². The quantitative estimate of drug-likeness (QED) is 0.689. The van der Waals surface area contributed by atoms with Crippen LogP contribution >= 0.6 is 12.2 Å². The third kappa shape index (κ3) is 3.22. The summed E-state index contributed by atoms with van der Waals surface area (Å²) in [5.74, 6) is 1.55. The van der Waals surface area contributed by atoms with Crippen LogP contribution in [0.25, 0.3) is 11.4 Å². The summed E-state index contributed by atoms with van der Waals surface area (Å²) in [7, 11) is 0. The number of nitrogens with zero attached hydrogens (tertiary/aromatic N) is 2. The Labute approximate surface area is 156 Å². The predicted molar refractivity (Wildman–Crippen MR) is 100 cm³/mol. The number of aromatic amines is 1. The Morgan fingerprint density at radius 3 is 3.19 bits per heavy atom. The van der Waals surface area contributed by atoms with Gasteiger partial charge >= 0.3 is 0 Å². The van der Waals surface area contributed by atoms with E-state index in [1.807, 2.05) is 37.3 Å². The van der Waals surface area contributed by atoms with Gasteiger partial charge in [0, 0.05) is 17.5 Å². The maximum Gasteiger partial charge on any atom is 0.240 e. The van der Waals surface area contributed by atoms with E-state index in [1.54, 1.807) is 10.8 Å². The van der Waals surface area contributed by atoms with Crippen LogP contribution in [0.15, 0.2) is 41.0 Å². The van der Waals surface area contributed by atoms with Crippen LogP contribution in [0.5, 0.6) is 0 Å². The van der Waals surface area contributed by atoms with Gasteiger partial charge in [0.05, 0.1) is 12.3 Å². The van der Waals surface area contributed by atoms with E-state index < -0.39 is 0 Å². The summed E-state index contributed by atoms with van der Waals surface area (Å²) in [6.07, 6.45) is 4.54. The van der Waals surface area contributed by atoms with E-state index in [0.29, 0.717) is 10.6 Å². The molecule has 1 aliphatic carbocycles. The van der Waals surface area contributed by atoms with Gasteiger partial charge in [-0.2, -0.15) is 5.10 Å². The average Bonchev–Trinajstić information content (AvgIpc) is 3.23. The van der Waals surface area contributed by atoms with Crippen molar-refractivity contribution in [2.24, 2.45) is 0 Å². The van der Waals surface area contributed by atoms with Crippen LogP contribution < -0.4 is 5.32 Å². The molecule has 6 nitrogen and oxygen atoms in total. The smallest absolute Gasteiger partial charge is 0.240 e. The van der Waals surface area contributed by atoms with E-state index in [2.05, 4.69) is 15.5 Å². The van der Waals surface area contributed by atoms with E-state index in [9.17, 15) is 4.79 Å². The number of benzene rings is 1. The van der Waals surface area contributed by atoms with Crippen LogP contribution in [0.4, 0.5) is 0 Å². The summed E-state index contributed by atoms with van der Waals surface area (Å²) >= 11 is 5.33. The molecule has 0 saturated heterocycles. The molecule has 2 aromatic heterocycles. The molecule has 1 unspecified atom stereocenters. The van der Waals surface area contributed by atoms with E-state index in [-0.39, 0.29) is 18.5 Å². The molecule has 3 aromatic rings. The normalized spacial score (nSPS) is 16.3. The zero-order chi connectivity index (χ0) is 18.1. The molecule has 1 amide bonds. The number of H-pyrrole nitrogens is 1. The molecule has 134 valence electrons. The fourth-order valence-corrected chi connectivity index (χ4v) is 3.69. The van der Waals surface area contributed by atoms with Crippen LogP contribution in [-0.2, 0) is 17.8 Å². The van der Waals surface area contributed by atoms with Crippen molar-refractivity contribution in [3.05, 3.63) is 58.3 Å². The van der Waals surface area contributed by atoms with Gasteiger partial charge in [-0.3, -0.25) is 14.5 Å². The molecule has 0 aliphatic heterocycles. The number of rotatable bonds is 4. The number of aryl methyl sites for hydroxylation is 2. The largest absolute Gasteiger partial charge is 0.469 e. The molecule has 2 N–H and O–H groups in total. The molecule has 26 heavy (non-hydrogen) atoms. The Hall–Kier alpha value is -2.67. The van der Waals surface area contributed by atoms with Gasteiger partial charge in [-0.15, -0.1) is 0 Å². The maximum absolute atomic E-state index is 12.7. The van der Waals surface area contributed by atoms with Gasteiger partial charge in [-0.05, 0) is 44.1 Å². The maximum atomic E-state index is 12.7. The molecular formula is C19H20N4O2S.